The van der Waals surface area contributed by atoms with Crippen molar-refractivity contribution in [3.05, 3.63) is 47.4 Å². The Bertz CT molecular complexity index is 627. The molecule has 0 unspecified atom stereocenters. The number of nitrogens with zero attached hydrogens (tertiary/aromatic N) is 1. The van der Waals surface area contributed by atoms with Gasteiger partial charge in [0.25, 0.3) is 0 Å². The summed E-state index contributed by atoms with van der Waals surface area (Å²) in [5.74, 6) is -0.989. The van der Waals surface area contributed by atoms with Gasteiger partial charge in [-0.2, -0.15) is 0 Å². The van der Waals surface area contributed by atoms with Crippen molar-refractivity contribution in [1.29, 1.82) is 0 Å². The Hall–Kier alpha value is -2.63. The number of nitrogens with two attached hydrogens (primary N) is 2. The lowest BCUT2D eigenvalue weighted by Crippen LogP contribution is -2.10. The molecular formula is C13H12FN3O2. The SMILES string of the molecule is Cc1cc(Oc2ccc(C(N)=O)cn2)c(F)cc1N. The second-order valence-electron chi connectivity index (χ2n) is 3.99. The normalized spacial score (nSPS) is 10.2. The molecule has 0 bridgehead atoms. The van der Waals surface area contributed by atoms with Gasteiger partial charge < -0.3 is 16.2 Å². The van der Waals surface area contributed by atoms with Crippen LogP contribution in [0.4, 0.5) is 10.1 Å². The molecule has 4 N–H and O–H groups in total. The van der Waals surface area contributed by atoms with Gasteiger partial charge in [0.1, 0.15) is 0 Å². The van der Waals surface area contributed by atoms with Crippen LogP contribution in [0.3, 0.4) is 0 Å². The fourth-order valence-electron chi connectivity index (χ4n) is 1.45. The summed E-state index contributed by atoms with van der Waals surface area (Å²) < 4.78 is 18.9. The van der Waals surface area contributed by atoms with Crippen LogP contribution in [0, 0.1) is 12.7 Å². The number of aromatic nitrogens is 1. The van der Waals surface area contributed by atoms with E-state index in [9.17, 15) is 9.18 Å². The molecule has 0 spiro atoms. The van der Waals surface area contributed by atoms with E-state index in [1.165, 1.54) is 30.5 Å². The zero-order valence-corrected chi connectivity index (χ0v) is 10.2. The number of rotatable bonds is 3. The lowest BCUT2D eigenvalue weighted by atomic mass is 10.2. The number of aryl methyl sites for hydroxylation is 1. The summed E-state index contributed by atoms with van der Waals surface area (Å²) in [6, 6.07) is 5.55. The predicted molar refractivity (Wildman–Crippen MR) is 68.4 cm³/mol. The quantitative estimate of drug-likeness (QED) is 0.827. The van der Waals surface area contributed by atoms with E-state index in [2.05, 4.69) is 4.98 Å². The Labute approximate surface area is 109 Å². The summed E-state index contributed by atoms with van der Waals surface area (Å²) in [5, 5.41) is 0. The van der Waals surface area contributed by atoms with Crippen LogP contribution in [0.25, 0.3) is 0 Å². The first-order chi connectivity index (χ1) is 8.97. The number of anilines is 1. The summed E-state index contributed by atoms with van der Waals surface area (Å²) in [6.07, 6.45) is 1.26. The van der Waals surface area contributed by atoms with Crippen molar-refractivity contribution in [1.82, 2.24) is 4.98 Å². The largest absolute Gasteiger partial charge is 0.436 e. The summed E-state index contributed by atoms with van der Waals surface area (Å²) in [6.45, 7) is 1.74. The number of primary amides is 1. The van der Waals surface area contributed by atoms with Gasteiger partial charge in [0.15, 0.2) is 11.6 Å². The first-order valence-electron chi connectivity index (χ1n) is 5.46. The third-order valence-corrected chi connectivity index (χ3v) is 2.56. The molecule has 2 rings (SSSR count). The summed E-state index contributed by atoms with van der Waals surface area (Å²) in [5.41, 5.74) is 12.0. The van der Waals surface area contributed by atoms with Crippen LogP contribution in [0.5, 0.6) is 11.6 Å². The molecule has 0 saturated carbocycles. The van der Waals surface area contributed by atoms with E-state index in [0.717, 1.165) is 0 Å². The minimum absolute atomic E-state index is 0.0195. The topological polar surface area (TPSA) is 91.2 Å². The Morgan fingerprint density at radius 2 is 2.11 bits per heavy atom. The van der Waals surface area contributed by atoms with Crippen LogP contribution in [0.1, 0.15) is 15.9 Å². The second-order valence-corrected chi connectivity index (χ2v) is 3.99. The number of nitrogen functional groups attached to an aromatic ring is 1. The van der Waals surface area contributed by atoms with Gasteiger partial charge >= 0.3 is 0 Å². The van der Waals surface area contributed by atoms with Crippen molar-refractivity contribution in [2.24, 2.45) is 5.73 Å². The van der Waals surface area contributed by atoms with Crippen molar-refractivity contribution in [2.75, 3.05) is 5.73 Å². The monoisotopic (exact) mass is 261 g/mol. The zero-order chi connectivity index (χ0) is 14.0. The van der Waals surface area contributed by atoms with Crippen molar-refractivity contribution in [3.63, 3.8) is 0 Å². The first-order valence-corrected chi connectivity index (χ1v) is 5.46. The molecule has 1 aromatic carbocycles. The van der Waals surface area contributed by atoms with Gasteiger partial charge in [0.2, 0.25) is 11.8 Å². The molecule has 1 aromatic heterocycles. The van der Waals surface area contributed by atoms with Gasteiger partial charge in [-0.15, -0.1) is 0 Å². The van der Waals surface area contributed by atoms with Crippen LogP contribution < -0.4 is 16.2 Å². The Morgan fingerprint density at radius 3 is 2.68 bits per heavy atom. The van der Waals surface area contributed by atoms with E-state index in [0.29, 0.717) is 11.3 Å². The van der Waals surface area contributed by atoms with Gasteiger partial charge in [0, 0.05) is 24.0 Å². The Kier molecular flexibility index (Phi) is 3.33. The molecule has 19 heavy (non-hydrogen) atoms. The van der Waals surface area contributed by atoms with Crippen LogP contribution >= 0.6 is 0 Å². The van der Waals surface area contributed by atoms with Gasteiger partial charge in [-0.05, 0) is 24.6 Å². The number of hydrogen-bond acceptors (Lipinski definition) is 4. The molecule has 6 heteroatoms. The van der Waals surface area contributed by atoms with E-state index in [4.69, 9.17) is 16.2 Å². The molecule has 0 aliphatic heterocycles. The molecule has 1 heterocycles. The van der Waals surface area contributed by atoms with E-state index in [-0.39, 0.29) is 17.2 Å². The van der Waals surface area contributed by atoms with Gasteiger partial charge in [-0.1, -0.05) is 0 Å². The molecule has 1 amide bonds. The maximum atomic E-state index is 13.6. The number of ether oxygens (including phenoxy) is 1. The average Bonchev–Trinajstić information content (AvgIpc) is 2.36. The number of benzene rings is 1. The zero-order valence-electron chi connectivity index (χ0n) is 10.2. The van der Waals surface area contributed by atoms with E-state index >= 15 is 0 Å². The number of carbonyl (C=O) groups excluding carboxylic acids is 1. The molecule has 0 fully saturated rings. The molecule has 0 aliphatic rings. The van der Waals surface area contributed by atoms with Crippen molar-refractivity contribution in [3.8, 4) is 11.6 Å². The predicted octanol–water partition coefficient (Wildman–Crippen LogP) is 2.00. The lowest BCUT2D eigenvalue weighted by Gasteiger charge is -2.08. The van der Waals surface area contributed by atoms with Crippen LogP contribution in [-0.2, 0) is 0 Å². The van der Waals surface area contributed by atoms with Crippen molar-refractivity contribution < 1.29 is 13.9 Å². The Balaban J connectivity index is 2.26. The number of halogens is 1. The molecule has 0 radical (unpaired) electrons. The maximum Gasteiger partial charge on any atom is 0.250 e. The summed E-state index contributed by atoms with van der Waals surface area (Å²) >= 11 is 0. The molecule has 0 saturated heterocycles. The molecule has 0 aliphatic carbocycles. The smallest absolute Gasteiger partial charge is 0.250 e. The minimum atomic E-state index is -0.589. The van der Waals surface area contributed by atoms with Crippen molar-refractivity contribution in [2.45, 2.75) is 6.92 Å². The molecule has 0 atom stereocenters. The average molecular weight is 261 g/mol. The molecule has 5 nitrogen and oxygen atoms in total. The minimum Gasteiger partial charge on any atom is -0.436 e. The van der Waals surface area contributed by atoms with Crippen molar-refractivity contribution >= 4 is 11.6 Å². The summed E-state index contributed by atoms with van der Waals surface area (Å²) in [4.78, 5) is 14.7. The molecular weight excluding hydrogens is 249 g/mol. The number of hydrogen-bond donors (Lipinski definition) is 2. The number of carbonyl (C=O) groups is 1. The third kappa shape index (κ3) is 2.79. The molecule has 2 aromatic rings. The molecule has 98 valence electrons. The maximum absolute atomic E-state index is 13.6. The highest BCUT2D eigenvalue weighted by atomic mass is 19.1. The van der Waals surface area contributed by atoms with E-state index < -0.39 is 11.7 Å². The van der Waals surface area contributed by atoms with Crippen LogP contribution in [0.2, 0.25) is 0 Å². The number of amides is 1. The highest BCUT2D eigenvalue weighted by molar-refractivity contribution is 5.92. The second kappa shape index (κ2) is 4.93. The number of pyridine rings is 1. The van der Waals surface area contributed by atoms with Crippen LogP contribution in [0.15, 0.2) is 30.5 Å². The first kappa shape index (κ1) is 12.8. The van der Waals surface area contributed by atoms with Gasteiger partial charge in [-0.3, -0.25) is 4.79 Å². The highest BCUT2D eigenvalue weighted by Crippen LogP contribution is 2.27. The third-order valence-electron chi connectivity index (χ3n) is 2.56. The van der Waals surface area contributed by atoms with E-state index in [1.807, 2.05) is 0 Å². The van der Waals surface area contributed by atoms with E-state index in [1.54, 1.807) is 6.92 Å². The lowest BCUT2D eigenvalue weighted by molar-refractivity contribution is 0.1000. The summed E-state index contributed by atoms with van der Waals surface area (Å²) in [7, 11) is 0. The van der Waals surface area contributed by atoms with Crippen LogP contribution in [-0.4, -0.2) is 10.9 Å². The standard InChI is InChI=1S/C13H12FN3O2/c1-7-4-11(9(14)5-10(7)15)19-12-3-2-8(6-17-12)13(16)18/h2-6H,15H2,1H3,(H2,16,18). The fourth-order valence-corrected chi connectivity index (χ4v) is 1.45. The Morgan fingerprint density at radius 1 is 1.37 bits per heavy atom. The van der Waals surface area contributed by atoms with Gasteiger partial charge in [0.05, 0.1) is 5.56 Å². The highest BCUT2D eigenvalue weighted by Gasteiger charge is 2.09. The fraction of sp³-hybridized carbons (Fsp3) is 0.0769. The van der Waals surface area contributed by atoms with Gasteiger partial charge in [-0.25, -0.2) is 9.37 Å².